The van der Waals surface area contributed by atoms with Gasteiger partial charge in [-0.05, 0) is 67.8 Å². The highest BCUT2D eigenvalue weighted by atomic mass is 16.7. The van der Waals surface area contributed by atoms with Gasteiger partial charge in [0.1, 0.15) is 23.9 Å². The molecule has 0 saturated carbocycles. The third-order valence-corrected chi connectivity index (χ3v) is 6.86. The van der Waals surface area contributed by atoms with Gasteiger partial charge in [0, 0.05) is 30.1 Å². The smallest absolute Gasteiger partial charge is 0.425 e. The number of phenolic OH excluding ortho intramolecular Hbond substituents is 1. The Bertz CT molecular complexity index is 1900. The first-order chi connectivity index (χ1) is 22.2. The Morgan fingerprint density at radius 2 is 1.78 bits per heavy atom. The first-order valence-electron chi connectivity index (χ1n) is 14.0. The Morgan fingerprint density at radius 1 is 1.02 bits per heavy atom. The van der Waals surface area contributed by atoms with Crippen molar-refractivity contribution in [2.75, 3.05) is 23.6 Å². The topological polar surface area (TPSA) is 190 Å². The summed E-state index contributed by atoms with van der Waals surface area (Å²) in [5.74, 6) is -1.66. The summed E-state index contributed by atoms with van der Waals surface area (Å²) in [4.78, 5) is 56.7. The molecule has 0 aliphatic heterocycles. The van der Waals surface area contributed by atoms with Crippen LogP contribution in [0.1, 0.15) is 55.5 Å². The Hall–Kier alpha value is -6.25. The lowest BCUT2D eigenvalue weighted by Gasteiger charge is -2.18. The quantitative estimate of drug-likeness (QED) is 0.145. The number of phenols is 1. The Morgan fingerprint density at radius 3 is 2.50 bits per heavy atom. The maximum atomic E-state index is 13.7. The van der Waals surface area contributed by atoms with Crippen molar-refractivity contribution >= 4 is 46.7 Å². The van der Waals surface area contributed by atoms with Crippen LogP contribution in [0.3, 0.4) is 0 Å². The summed E-state index contributed by atoms with van der Waals surface area (Å²) in [6.45, 7) is 5.30. The van der Waals surface area contributed by atoms with Gasteiger partial charge in [-0.1, -0.05) is 18.1 Å². The van der Waals surface area contributed by atoms with Crippen molar-refractivity contribution < 1.29 is 38.3 Å². The minimum absolute atomic E-state index is 0.0366. The molecule has 0 atom stereocenters. The van der Waals surface area contributed by atoms with Crippen LogP contribution in [-0.4, -0.2) is 62.1 Å². The highest BCUT2D eigenvalue weighted by molar-refractivity contribution is 6.19. The van der Waals surface area contributed by atoms with Gasteiger partial charge in [0.15, 0.2) is 11.6 Å². The first kappa shape index (κ1) is 31.2. The van der Waals surface area contributed by atoms with Crippen molar-refractivity contribution in [3.63, 3.8) is 0 Å². The van der Waals surface area contributed by atoms with Gasteiger partial charge in [-0.3, -0.25) is 9.59 Å². The van der Waals surface area contributed by atoms with Crippen LogP contribution in [0.25, 0.3) is 5.52 Å². The first-order valence-corrected chi connectivity index (χ1v) is 14.0. The second-order valence-electron chi connectivity index (χ2n) is 9.99. The van der Waals surface area contributed by atoms with Gasteiger partial charge in [-0.15, -0.1) is 0 Å². The molecule has 0 spiro atoms. The number of ether oxygens (including phenoxy) is 2. The minimum atomic E-state index is -1.18. The van der Waals surface area contributed by atoms with Crippen molar-refractivity contribution in [2.24, 2.45) is 0 Å². The predicted octanol–water partition coefficient (Wildman–Crippen LogP) is 4.52. The highest BCUT2D eigenvalue weighted by Crippen LogP contribution is 2.28. The maximum Gasteiger partial charge on any atom is 0.425 e. The number of hydrogen-bond acceptors (Lipinski definition) is 12. The summed E-state index contributed by atoms with van der Waals surface area (Å²) in [5, 5.41) is 23.4. The van der Waals surface area contributed by atoms with E-state index < -0.39 is 24.8 Å². The molecule has 0 aliphatic carbocycles. The lowest BCUT2D eigenvalue weighted by Crippen LogP contribution is -2.38. The van der Waals surface area contributed by atoms with Crippen molar-refractivity contribution in [3.8, 4) is 5.75 Å². The van der Waals surface area contributed by atoms with E-state index >= 15 is 0 Å². The van der Waals surface area contributed by atoms with Crippen LogP contribution in [0.5, 0.6) is 5.75 Å². The average molecular weight is 628 g/mol. The van der Waals surface area contributed by atoms with Gasteiger partial charge in [-0.2, -0.15) is 10.00 Å². The molecule has 0 radical (unpaired) electrons. The maximum absolute atomic E-state index is 13.7. The molecule has 3 heterocycles. The summed E-state index contributed by atoms with van der Waals surface area (Å²) in [5.41, 5.74) is 3.10. The molecule has 0 bridgehead atoms. The van der Waals surface area contributed by atoms with Crippen LogP contribution in [0.2, 0.25) is 0 Å². The molecule has 5 rings (SSSR count). The third-order valence-electron chi connectivity index (χ3n) is 6.86. The summed E-state index contributed by atoms with van der Waals surface area (Å²) in [6.07, 6.45) is 3.75. The number of rotatable bonds is 10. The monoisotopic (exact) mass is 627 g/mol. The number of esters is 1. The highest BCUT2D eigenvalue weighted by Gasteiger charge is 2.29. The summed E-state index contributed by atoms with van der Waals surface area (Å²) in [7, 11) is 0. The molecule has 0 saturated heterocycles. The molecule has 3 N–H and O–H groups in total. The summed E-state index contributed by atoms with van der Waals surface area (Å²) in [6, 6.07) is 11.3. The number of anilines is 3. The van der Waals surface area contributed by atoms with Crippen molar-refractivity contribution in [2.45, 2.75) is 27.2 Å². The van der Waals surface area contributed by atoms with Crippen LogP contribution < -0.4 is 15.5 Å². The summed E-state index contributed by atoms with van der Waals surface area (Å²) < 4.78 is 16.4. The number of carbonyl (C=O) groups excluding carboxylic acids is 4. The number of aryl methyl sites for hydroxylation is 2. The number of imide groups is 1. The molecule has 3 amide bonds. The average Bonchev–Trinajstić information content (AvgIpc) is 3.70. The minimum Gasteiger partial charge on any atom is -0.508 e. The van der Waals surface area contributed by atoms with E-state index in [0.29, 0.717) is 39.6 Å². The van der Waals surface area contributed by atoms with Crippen LogP contribution in [0.4, 0.5) is 22.1 Å². The molecule has 0 unspecified atom stereocenters. The van der Waals surface area contributed by atoms with E-state index in [-0.39, 0.29) is 28.6 Å². The van der Waals surface area contributed by atoms with Crippen LogP contribution >= 0.6 is 0 Å². The number of amides is 3. The van der Waals surface area contributed by atoms with E-state index in [1.54, 1.807) is 23.7 Å². The van der Waals surface area contributed by atoms with E-state index in [2.05, 4.69) is 25.9 Å². The van der Waals surface area contributed by atoms with E-state index in [1.165, 1.54) is 55.1 Å². The number of fused-ring (bicyclic) bond motifs is 1. The number of carbonyl (C=O) groups is 4. The fourth-order valence-electron chi connectivity index (χ4n) is 4.44. The zero-order chi connectivity index (χ0) is 32.8. The molecule has 5 aromatic rings. The SMILES string of the molecule is CCCNC(=O)c1cn2ncnc(Nc3cc(C(=O)N(C(=O)OCOC(=O)c4ccc(O)cc4)c4ccon4)ccc3C)c2c1C. The fourth-order valence-corrected chi connectivity index (χ4v) is 4.44. The largest absolute Gasteiger partial charge is 0.508 e. The van der Waals surface area contributed by atoms with Gasteiger partial charge in [-0.25, -0.2) is 19.1 Å². The zero-order valence-electron chi connectivity index (χ0n) is 25.0. The summed E-state index contributed by atoms with van der Waals surface area (Å²) >= 11 is 0. The molecular weight excluding hydrogens is 598 g/mol. The van der Waals surface area contributed by atoms with Crippen molar-refractivity contribution in [3.05, 3.63) is 95.1 Å². The van der Waals surface area contributed by atoms with Gasteiger partial charge >= 0.3 is 12.1 Å². The molecular formula is C31H29N7O8. The number of aromatic hydroxyl groups is 1. The van der Waals surface area contributed by atoms with E-state index in [1.807, 2.05) is 13.8 Å². The lowest BCUT2D eigenvalue weighted by molar-refractivity contribution is -0.000382. The number of aromatic nitrogens is 4. The van der Waals surface area contributed by atoms with Gasteiger partial charge in [0.2, 0.25) is 6.79 Å². The second kappa shape index (κ2) is 13.6. The van der Waals surface area contributed by atoms with Crippen LogP contribution in [0, 0.1) is 13.8 Å². The zero-order valence-corrected chi connectivity index (χ0v) is 25.0. The second-order valence-corrected chi connectivity index (χ2v) is 9.99. The third kappa shape index (κ3) is 6.62. The molecule has 2 aromatic carbocycles. The Balaban J connectivity index is 1.36. The van der Waals surface area contributed by atoms with E-state index in [0.717, 1.165) is 12.0 Å². The number of hydrogen-bond donors (Lipinski definition) is 3. The van der Waals surface area contributed by atoms with Crippen molar-refractivity contribution in [1.82, 2.24) is 25.1 Å². The molecule has 0 fully saturated rings. The molecule has 236 valence electrons. The van der Waals surface area contributed by atoms with Crippen LogP contribution in [-0.2, 0) is 9.47 Å². The van der Waals surface area contributed by atoms with Gasteiger partial charge in [0.05, 0.1) is 11.1 Å². The van der Waals surface area contributed by atoms with E-state index in [9.17, 15) is 24.3 Å². The number of benzene rings is 2. The predicted molar refractivity (Wildman–Crippen MR) is 163 cm³/mol. The van der Waals surface area contributed by atoms with Gasteiger partial charge < -0.3 is 29.7 Å². The van der Waals surface area contributed by atoms with E-state index in [4.69, 9.17) is 14.0 Å². The molecule has 46 heavy (non-hydrogen) atoms. The Labute approximate surface area is 261 Å². The molecule has 0 aliphatic rings. The number of nitrogens with one attached hydrogen (secondary N) is 2. The van der Waals surface area contributed by atoms with Crippen molar-refractivity contribution in [1.29, 1.82) is 0 Å². The fraction of sp³-hybridized carbons (Fsp3) is 0.194. The molecule has 15 nitrogen and oxygen atoms in total. The standard InChI is InChI=1S/C31H29N7O8/c1-4-12-32-28(40)23-15-37-26(19(23)3)27(33-16-34-37)35-24-14-21(6-5-18(24)2)29(41)38(25-11-13-46-36-25)31(43)45-17-44-30(42)20-7-9-22(39)10-8-20/h5-11,13-16,39H,4,12,17H2,1-3H3,(H,32,40)(H,33,34,35). The normalized spacial score (nSPS) is 10.8. The lowest BCUT2D eigenvalue weighted by atomic mass is 10.1. The van der Waals surface area contributed by atoms with Gasteiger partial charge in [0.25, 0.3) is 11.8 Å². The number of nitrogens with zero attached hydrogens (tertiary/aromatic N) is 5. The Kier molecular flexibility index (Phi) is 9.21. The molecule has 15 heteroatoms. The molecule has 3 aromatic heterocycles. The van der Waals surface area contributed by atoms with Crippen LogP contribution in [0.15, 0.2) is 71.8 Å².